The van der Waals surface area contributed by atoms with Gasteiger partial charge in [0.2, 0.25) is 0 Å². The Hall–Kier alpha value is -1.11. The third-order valence-electron chi connectivity index (χ3n) is 0.942. The second-order valence-electron chi connectivity index (χ2n) is 2.19. The highest BCUT2D eigenvalue weighted by atomic mass is 14.6. The Morgan fingerprint density at radius 1 is 1.36 bits per heavy atom. The van der Waals surface area contributed by atoms with Gasteiger partial charge in [-0.25, -0.2) is 0 Å². The number of aromatic nitrogens is 1. The van der Waals surface area contributed by atoms with Gasteiger partial charge in [-0.05, 0) is 17.7 Å². The molecule has 0 aliphatic rings. The van der Waals surface area contributed by atoms with E-state index in [4.69, 9.17) is 0 Å². The fourth-order valence-electron chi connectivity index (χ4n) is 0.500. The lowest BCUT2D eigenvalue weighted by molar-refractivity contribution is 1.09. The van der Waals surface area contributed by atoms with Crippen molar-refractivity contribution in [2.75, 3.05) is 0 Å². The molecule has 0 amide bonds. The molecule has 0 fully saturated rings. The lowest BCUT2D eigenvalue weighted by Crippen LogP contribution is -1.69. The van der Waals surface area contributed by atoms with E-state index in [1.54, 1.807) is 18.5 Å². The average molecular weight is 149 g/mol. The second kappa shape index (κ2) is 7.00. The summed E-state index contributed by atoms with van der Waals surface area (Å²) in [7, 11) is 0. The third kappa shape index (κ3) is 5.34. The molecule has 0 saturated heterocycles. The molecule has 1 nitrogen and oxygen atoms in total. The minimum Gasteiger partial charge on any atom is -0.265 e. The maximum atomic E-state index is 3.85. The molecule has 0 atom stereocenters. The number of hydrogen-bond donors (Lipinski definition) is 0. The zero-order valence-electron chi connectivity index (χ0n) is 7.25. The first-order chi connectivity index (χ1) is 5.35. The Balaban J connectivity index is 0.000000292. The van der Waals surface area contributed by atoms with Crippen LogP contribution >= 0.6 is 0 Å². The van der Waals surface area contributed by atoms with Gasteiger partial charge in [0.05, 0.1) is 0 Å². The molecule has 0 unspecified atom stereocenters. The molecule has 11 heavy (non-hydrogen) atoms. The van der Waals surface area contributed by atoms with Crippen molar-refractivity contribution in [3.8, 4) is 0 Å². The van der Waals surface area contributed by atoms with Gasteiger partial charge in [0.15, 0.2) is 0 Å². The Morgan fingerprint density at radius 2 is 1.82 bits per heavy atom. The molecule has 1 aromatic rings. The largest absolute Gasteiger partial charge is 0.265 e. The number of hydrogen-bond acceptors (Lipinski definition) is 1. The number of nitrogens with zero attached hydrogens (tertiary/aromatic N) is 1. The molecule has 0 aromatic carbocycles. The van der Waals surface area contributed by atoms with E-state index < -0.39 is 0 Å². The quantitative estimate of drug-likeness (QED) is 0.597. The van der Waals surface area contributed by atoms with E-state index in [9.17, 15) is 0 Å². The van der Waals surface area contributed by atoms with Gasteiger partial charge >= 0.3 is 0 Å². The van der Waals surface area contributed by atoms with Crippen molar-refractivity contribution in [3.05, 3.63) is 36.7 Å². The fraction of sp³-hybridized carbons (Fsp3) is 0.300. The summed E-state index contributed by atoms with van der Waals surface area (Å²) in [6, 6.07) is 3.82. The van der Waals surface area contributed by atoms with Gasteiger partial charge in [0, 0.05) is 12.4 Å². The lowest BCUT2D eigenvalue weighted by atomic mass is 10.3. The maximum Gasteiger partial charge on any atom is 0.0273 e. The molecule has 0 radical (unpaired) electrons. The van der Waals surface area contributed by atoms with Crippen LogP contribution in [0.2, 0.25) is 0 Å². The summed E-state index contributed by atoms with van der Waals surface area (Å²) in [5.74, 6) is 0. The highest BCUT2D eigenvalue weighted by Crippen LogP contribution is 1.94. The molecule has 1 aromatic heterocycles. The zero-order chi connectivity index (χ0) is 8.53. The molecule has 0 aliphatic heterocycles. The number of pyridine rings is 1. The molecule has 0 N–H and O–H groups in total. The summed E-state index contributed by atoms with van der Waals surface area (Å²) in [4.78, 5) is 3.85. The summed E-state index contributed by atoms with van der Waals surface area (Å²) >= 11 is 0. The predicted molar refractivity (Wildman–Crippen MR) is 50.3 cm³/mol. The molecule has 0 spiro atoms. The van der Waals surface area contributed by atoms with Crippen LogP contribution in [0.5, 0.6) is 0 Å². The van der Waals surface area contributed by atoms with Gasteiger partial charge in [0.1, 0.15) is 0 Å². The summed E-state index contributed by atoms with van der Waals surface area (Å²) in [5, 5.41) is 0. The van der Waals surface area contributed by atoms with Gasteiger partial charge < -0.3 is 0 Å². The van der Waals surface area contributed by atoms with Crippen LogP contribution in [0.3, 0.4) is 0 Å². The van der Waals surface area contributed by atoms with Crippen LogP contribution in [0.4, 0.5) is 0 Å². The smallest absolute Gasteiger partial charge is 0.0273 e. The Labute approximate surface area is 68.8 Å². The van der Waals surface area contributed by atoms with E-state index in [0.29, 0.717) is 0 Å². The minimum atomic E-state index is 1.11. The van der Waals surface area contributed by atoms with Crippen LogP contribution in [0.25, 0.3) is 6.08 Å². The first kappa shape index (κ1) is 9.89. The Morgan fingerprint density at radius 3 is 2.09 bits per heavy atom. The van der Waals surface area contributed by atoms with Crippen molar-refractivity contribution in [1.82, 2.24) is 4.98 Å². The molecule has 1 heteroatoms. The van der Waals surface area contributed by atoms with Crippen molar-refractivity contribution in [2.45, 2.75) is 20.3 Å². The summed E-state index contributed by atoms with van der Waals surface area (Å²) < 4.78 is 0. The lowest BCUT2D eigenvalue weighted by Gasteiger charge is -1.84. The molecular formula is C10H15N. The van der Waals surface area contributed by atoms with Crippen LogP contribution in [-0.2, 0) is 0 Å². The third-order valence-corrected chi connectivity index (χ3v) is 0.942. The van der Waals surface area contributed by atoms with Crippen molar-refractivity contribution >= 4 is 6.08 Å². The second-order valence-corrected chi connectivity index (χ2v) is 2.19. The highest BCUT2D eigenvalue weighted by Gasteiger charge is 1.76. The first-order valence-electron chi connectivity index (χ1n) is 3.87. The van der Waals surface area contributed by atoms with E-state index in [-0.39, 0.29) is 0 Å². The highest BCUT2D eigenvalue weighted by molar-refractivity contribution is 5.44. The van der Waals surface area contributed by atoms with E-state index in [0.717, 1.165) is 5.56 Å². The molecule has 0 saturated carbocycles. The van der Waals surface area contributed by atoms with Crippen molar-refractivity contribution in [1.29, 1.82) is 0 Å². The standard InChI is InChI=1S/C7H7N.C3H8/c1-2-7-3-5-8-6-4-7;1-3-2/h2-6H,1H2;3H2,1-2H3. The predicted octanol–water partition coefficient (Wildman–Crippen LogP) is 3.14. The average Bonchev–Trinajstić information content (AvgIpc) is 2.08. The molecule has 0 bridgehead atoms. The first-order valence-corrected chi connectivity index (χ1v) is 3.87. The summed E-state index contributed by atoms with van der Waals surface area (Å²) in [6.45, 7) is 7.85. The van der Waals surface area contributed by atoms with Gasteiger partial charge in [-0.2, -0.15) is 0 Å². The van der Waals surface area contributed by atoms with Crippen LogP contribution in [0, 0.1) is 0 Å². The van der Waals surface area contributed by atoms with E-state index in [1.807, 2.05) is 12.1 Å². The Kier molecular flexibility index (Phi) is 6.30. The van der Waals surface area contributed by atoms with Crippen LogP contribution in [0.1, 0.15) is 25.8 Å². The molecule has 1 heterocycles. The van der Waals surface area contributed by atoms with Crippen molar-refractivity contribution in [3.63, 3.8) is 0 Å². The SMILES string of the molecule is C=Cc1ccncc1.CCC. The molecule has 60 valence electrons. The maximum absolute atomic E-state index is 3.85. The van der Waals surface area contributed by atoms with E-state index in [1.165, 1.54) is 6.42 Å². The topological polar surface area (TPSA) is 12.9 Å². The minimum absolute atomic E-state index is 1.11. The van der Waals surface area contributed by atoms with Crippen LogP contribution in [-0.4, -0.2) is 4.98 Å². The number of rotatable bonds is 1. The molecule has 0 aliphatic carbocycles. The monoisotopic (exact) mass is 149 g/mol. The fourth-order valence-corrected chi connectivity index (χ4v) is 0.500. The van der Waals surface area contributed by atoms with Gasteiger partial charge in [0.25, 0.3) is 0 Å². The molecular weight excluding hydrogens is 134 g/mol. The Bertz CT molecular complexity index is 179. The van der Waals surface area contributed by atoms with Crippen molar-refractivity contribution < 1.29 is 0 Å². The van der Waals surface area contributed by atoms with Gasteiger partial charge in [-0.1, -0.05) is 32.9 Å². The van der Waals surface area contributed by atoms with Gasteiger partial charge in [-0.15, -0.1) is 0 Å². The van der Waals surface area contributed by atoms with Crippen LogP contribution < -0.4 is 0 Å². The summed E-state index contributed by atoms with van der Waals surface area (Å²) in [6.07, 6.45) is 6.54. The van der Waals surface area contributed by atoms with Crippen LogP contribution in [0.15, 0.2) is 31.1 Å². The molecule has 1 rings (SSSR count). The van der Waals surface area contributed by atoms with Gasteiger partial charge in [-0.3, -0.25) is 4.98 Å². The van der Waals surface area contributed by atoms with E-state index in [2.05, 4.69) is 25.4 Å². The summed E-state index contributed by atoms with van der Waals surface area (Å²) in [5.41, 5.74) is 1.11. The normalized spacial score (nSPS) is 7.82. The van der Waals surface area contributed by atoms with Crippen molar-refractivity contribution in [2.24, 2.45) is 0 Å². The zero-order valence-corrected chi connectivity index (χ0v) is 7.25. The van der Waals surface area contributed by atoms with E-state index >= 15 is 0 Å².